The lowest BCUT2D eigenvalue weighted by Crippen LogP contribution is -2.45. The fraction of sp³-hybridized carbons (Fsp3) is 0.955. The van der Waals surface area contributed by atoms with Crippen molar-refractivity contribution in [3.63, 3.8) is 0 Å². The number of carbonyl (C=O) groups is 1. The minimum absolute atomic E-state index is 0.244. The van der Waals surface area contributed by atoms with Gasteiger partial charge in [0.05, 0.1) is 33.7 Å². The van der Waals surface area contributed by atoms with E-state index in [2.05, 4.69) is 33.3 Å². The Kier molecular flexibility index (Phi) is 16.5. The molecule has 0 rings (SSSR count). The van der Waals surface area contributed by atoms with Crippen LogP contribution in [-0.2, 0) is 4.79 Å². The van der Waals surface area contributed by atoms with E-state index in [-0.39, 0.29) is 5.91 Å². The van der Waals surface area contributed by atoms with Gasteiger partial charge in [-0.25, -0.2) is 0 Å². The fourth-order valence-electron chi connectivity index (χ4n) is 3.26. The van der Waals surface area contributed by atoms with Crippen LogP contribution in [0.5, 0.6) is 0 Å². The minimum atomic E-state index is 0.244. The molecule has 3 nitrogen and oxygen atoms in total. The predicted octanol–water partition coefficient (Wildman–Crippen LogP) is 5.68. The summed E-state index contributed by atoms with van der Waals surface area (Å²) >= 11 is 0. The average Bonchev–Trinajstić information content (AvgIpc) is 2.57. The lowest BCUT2D eigenvalue weighted by atomic mass is 10.1. The van der Waals surface area contributed by atoms with E-state index in [9.17, 15) is 4.79 Å². The Bertz CT molecular complexity index is 302. The van der Waals surface area contributed by atoms with Crippen molar-refractivity contribution in [2.24, 2.45) is 0 Å². The Hall–Kier alpha value is -0.570. The van der Waals surface area contributed by atoms with Gasteiger partial charge in [-0.3, -0.25) is 4.79 Å². The lowest BCUT2D eigenvalue weighted by molar-refractivity contribution is -0.889. The second-order valence-corrected chi connectivity index (χ2v) is 8.37. The monoisotopic (exact) mass is 355 g/mol. The first-order valence-corrected chi connectivity index (χ1v) is 11.1. The number of unbranched alkanes of at least 4 members (excludes halogenated alkanes) is 11. The van der Waals surface area contributed by atoms with Crippen LogP contribution in [-0.4, -0.2) is 44.1 Å². The van der Waals surface area contributed by atoms with E-state index >= 15 is 0 Å². The normalized spacial score (nSPS) is 11.7. The molecular weight excluding hydrogens is 308 g/mol. The molecule has 0 aliphatic rings. The Morgan fingerprint density at radius 2 is 1.16 bits per heavy atom. The maximum Gasteiger partial charge on any atom is 0.220 e. The van der Waals surface area contributed by atoms with E-state index in [1.165, 1.54) is 83.6 Å². The largest absolute Gasteiger partial charge is 0.350 e. The summed E-state index contributed by atoms with van der Waals surface area (Å²) in [4.78, 5) is 11.9. The smallest absolute Gasteiger partial charge is 0.220 e. The molecule has 0 atom stereocenters. The summed E-state index contributed by atoms with van der Waals surface area (Å²) in [5.41, 5.74) is 0. The van der Waals surface area contributed by atoms with Crippen LogP contribution >= 0.6 is 0 Å². The topological polar surface area (TPSA) is 29.1 Å². The molecule has 1 N–H and O–H groups in total. The highest BCUT2D eigenvalue weighted by atomic mass is 16.1. The summed E-state index contributed by atoms with van der Waals surface area (Å²) < 4.78 is 1.02. The molecule has 0 heterocycles. The van der Waals surface area contributed by atoms with E-state index in [1.807, 2.05) is 0 Å². The number of carbonyl (C=O) groups excluding carboxylic acids is 1. The van der Waals surface area contributed by atoms with Gasteiger partial charge in [-0.1, -0.05) is 78.1 Å². The first-order chi connectivity index (χ1) is 12.0. The van der Waals surface area contributed by atoms with Gasteiger partial charge in [0.1, 0.15) is 0 Å². The standard InChI is InChI=1S/C22H46N2O/c1-5-7-9-11-12-13-14-15-16-18-22(25)23-19-21-24(3,4)20-17-10-8-6-2/h5-21H2,1-4H3/p+1. The molecule has 25 heavy (non-hydrogen) atoms. The zero-order chi connectivity index (χ0) is 18.8. The highest BCUT2D eigenvalue weighted by molar-refractivity contribution is 5.75. The molecule has 0 aromatic carbocycles. The van der Waals surface area contributed by atoms with Crippen LogP contribution in [0.2, 0.25) is 0 Å². The minimum Gasteiger partial charge on any atom is -0.350 e. The number of amides is 1. The molecule has 0 aromatic heterocycles. The van der Waals surface area contributed by atoms with E-state index in [0.29, 0.717) is 6.42 Å². The average molecular weight is 356 g/mol. The molecule has 0 fully saturated rings. The third kappa shape index (κ3) is 18.0. The van der Waals surface area contributed by atoms with E-state index < -0.39 is 0 Å². The number of hydrogen-bond donors (Lipinski definition) is 1. The van der Waals surface area contributed by atoms with Crippen molar-refractivity contribution in [1.82, 2.24) is 5.32 Å². The van der Waals surface area contributed by atoms with E-state index in [4.69, 9.17) is 0 Å². The highest BCUT2D eigenvalue weighted by Crippen LogP contribution is 2.10. The molecule has 0 aromatic rings. The number of rotatable bonds is 18. The number of quaternary nitrogens is 1. The summed E-state index contributed by atoms with van der Waals surface area (Å²) in [6.45, 7) is 7.59. The maximum atomic E-state index is 11.9. The van der Waals surface area contributed by atoms with Crippen LogP contribution in [0.4, 0.5) is 0 Å². The molecule has 0 saturated carbocycles. The molecule has 0 unspecified atom stereocenters. The van der Waals surface area contributed by atoms with Gasteiger partial charge in [0, 0.05) is 6.42 Å². The van der Waals surface area contributed by atoms with Gasteiger partial charge >= 0.3 is 0 Å². The van der Waals surface area contributed by atoms with Gasteiger partial charge in [0.25, 0.3) is 0 Å². The summed E-state index contributed by atoms with van der Waals surface area (Å²) in [5, 5.41) is 3.11. The van der Waals surface area contributed by atoms with Crippen molar-refractivity contribution in [2.75, 3.05) is 33.7 Å². The second kappa shape index (κ2) is 16.9. The SMILES string of the molecule is CCCCCCCCCCCC(=O)NCC[N+](C)(C)CCCCCC. The molecule has 1 amide bonds. The number of likely N-dealkylation sites (N-methyl/N-ethyl adjacent to an activating group) is 1. The lowest BCUT2D eigenvalue weighted by Gasteiger charge is -2.30. The Balaban J connectivity index is 3.45. The number of nitrogens with one attached hydrogen (secondary N) is 1. The quantitative estimate of drug-likeness (QED) is 0.249. The molecular formula is C22H47N2O+. The molecule has 0 bridgehead atoms. The third-order valence-electron chi connectivity index (χ3n) is 5.16. The molecule has 0 saturated heterocycles. The number of hydrogen-bond acceptors (Lipinski definition) is 1. The van der Waals surface area contributed by atoms with Gasteiger partial charge in [0.2, 0.25) is 5.91 Å². The van der Waals surface area contributed by atoms with Crippen molar-refractivity contribution < 1.29 is 9.28 Å². The summed E-state index contributed by atoms with van der Waals surface area (Å²) in [6, 6.07) is 0. The van der Waals surface area contributed by atoms with Crippen molar-refractivity contribution in [2.45, 2.75) is 104 Å². The van der Waals surface area contributed by atoms with Crippen LogP contribution < -0.4 is 5.32 Å². The van der Waals surface area contributed by atoms with Crippen molar-refractivity contribution in [3.8, 4) is 0 Å². The summed E-state index contributed by atoms with van der Waals surface area (Å²) in [6.07, 6.45) is 17.7. The Morgan fingerprint density at radius 3 is 1.72 bits per heavy atom. The van der Waals surface area contributed by atoms with Gasteiger partial charge in [-0.05, 0) is 19.3 Å². The van der Waals surface area contributed by atoms with Crippen LogP contribution in [0.3, 0.4) is 0 Å². The van der Waals surface area contributed by atoms with Gasteiger partial charge in [-0.15, -0.1) is 0 Å². The van der Waals surface area contributed by atoms with Crippen LogP contribution in [0.15, 0.2) is 0 Å². The van der Waals surface area contributed by atoms with Gasteiger partial charge in [0.15, 0.2) is 0 Å². The van der Waals surface area contributed by atoms with Crippen LogP contribution in [0.1, 0.15) is 104 Å². The number of nitrogens with zero attached hydrogens (tertiary/aromatic N) is 1. The third-order valence-corrected chi connectivity index (χ3v) is 5.16. The maximum absolute atomic E-state index is 11.9. The van der Waals surface area contributed by atoms with Crippen LogP contribution in [0.25, 0.3) is 0 Å². The summed E-state index contributed by atoms with van der Waals surface area (Å²) in [7, 11) is 4.55. The Morgan fingerprint density at radius 1 is 0.680 bits per heavy atom. The molecule has 0 aliphatic carbocycles. The molecule has 0 radical (unpaired) electrons. The van der Waals surface area contributed by atoms with Crippen molar-refractivity contribution in [3.05, 3.63) is 0 Å². The summed E-state index contributed by atoms with van der Waals surface area (Å²) in [5.74, 6) is 0.244. The highest BCUT2D eigenvalue weighted by Gasteiger charge is 2.14. The molecule has 3 heteroatoms. The zero-order valence-corrected chi connectivity index (χ0v) is 17.9. The zero-order valence-electron chi connectivity index (χ0n) is 17.9. The van der Waals surface area contributed by atoms with Gasteiger partial charge < -0.3 is 9.80 Å². The van der Waals surface area contributed by atoms with E-state index in [1.54, 1.807) is 0 Å². The first-order valence-electron chi connectivity index (χ1n) is 11.1. The second-order valence-electron chi connectivity index (χ2n) is 8.37. The predicted molar refractivity (Wildman–Crippen MR) is 111 cm³/mol. The Labute approximate surface area is 158 Å². The van der Waals surface area contributed by atoms with Crippen molar-refractivity contribution in [1.29, 1.82) is 0 Å². The fourth-order valence-corrected chi connectivity index (χ4v) is 3.26. The molecule has 0 spiro atoms. The molecule has 150 valence electrons. The van der Waals surface area contributed by atoms with Gasteiger partial charge in [-0.2, -0.15) is 0 Å². The van der Waals surface area contributed by atoms with Crippen molar-refractivity contribution >= 4 is 5.91 Å². The first kappa shape index (κ1) is 24.4. The van der Waals surface area contributed by atoms with Crippen LogP contribution in [0, 0.1) is 0 Å². The van der Waals surface area contributed by atoms with E-state index in [0.717, 1.165) is 24.0 Å². The molecule has 0 aliphatic heterocycles.